The number of hydrogen-bond donors (Lipinski definition) is 1. The molecule has 0 amide bonds. The van der Waals surface area contributed by atoms with E-state index in [-0.39, 0.29) is 30.1 Å². The molecule has 9 nitrogen and oxygen atoms in total. The lowest BCUT2D eigenvalue weighted by molar-refractivity contribution is -0.143. The van der Waals surface area contributed by atoms with E-state index in [9.17, 15) is 18.8 Å². The summed E-state index contributed by atoms with van der Waals surface area (Å²) < 4.78 is 20.4. The summed E-state index contributed by atoms with van der Waals surface area (Å²) in [6, 6.07) is 5.55. The van der Waals surface area contributed by atoms with Crippen LogP contribution in [0.2, 0.25) is 0 Å². The quantitative estimate of drug-likeness (QED) is 0.169. The predicted molar refractivity (Wildman–Crippen MR) is 120 cm³/mol. The SMILES string of the molecule is CCCCSc1nc(N)c2c(n1)n(Cc1ccc(F)cc1)c(=O)c(=O)n2CC(=O)OCC. The van der Waals surface area contributed by atoms with Gasteiger partial charge in [0.25, 0.3) is 0 Å². The van der Waals surface area contributed by atoms with Crippen molar-refractivity contribution < 1.29 is 13.9 Å². The fraction of sp³-hybridized carbons (Fsp3) is 0.381. The zero-order valence-corrected chi connectivity index (χ0v) is 18.7. The molecule has 0 aliphatic heterocycles. The third kappa shape index (κ3) is 5.16. The number of rotatable bonds is 9. The number of hydrogen-bond acceptors (Lipinski definition) is 8. The Morgan fingerprint density at radius 2 is 1.81 bits per heavy atom. The number of esters is 1. The van der Waals surface area contributed by atoms with Crippen molar-refractivity contribution in [3.8, 4) is 0 Å². The number of halogens is 1. The Bertz CT molecular complexity index is 1240. The zero-order chi connectivity index (χ0) is 23.3. The fourth-order valence-corrected chi connectivity index (χ4v) is 4.02. The van der Waals surface area contributed by atoms with E-state index in [4.69, 9.17) is 10.5 Å². The van der Waals surface area contributed by atoms with Gasteiger partial charge in [-0.05, 0) is 31.0 Å². The highest BCUT2D eigenvalue weighted by Crippen LogP contribution is 2.22. The maximum atomic E-state index is 13.3. The zero-order valence-electron chi connectivity index (χ0n) is 17.8. The van der Waals surface area contributed by atoms with Crippen LogP contribution in [0.4, 0.5) is 10.2 Å². The van der Waals surface area contributed by atoms with Gasteiger partial charge >= 0.3 is 17.1 Å². The third-order valence-corrected chi connectivity index (χ3v) is 5.58. The monoisotopic (exact) mass is 461 g/mol. The molecule has 3 rings (SSSR count). The number of nitrogen functional groups attached to an aromatic ring is 1. The van der Waals surface area contributed by atoms with E-state index in [1.54, 1.807) is 6.92 Å². The van der Waals surface area contributed by atoms with E-state index in [0.717, 1.165) is 23.2 Å². The molecule has 11 heteroatoms. The minimum atomic E-state index is -0.950. The summed E-state index contributed by atoms with van der Waals surface area (Å²) in [5.41, 5.74) is 5.13. The van der Waals surface area contributed by atoms with E-state index >= 15 is 0 Å². The molecule has 0 saturated carbocycles. The van der Waals surface area contributed by atoms with E-state index < -0.39 is 29.4 Å². The van der Waals surface area contributed by atoms with E-state index in [1.165, 1.54) is 40.6 Å². The molecule has 3 aromatic rings. The normalized spacial score (nSPS) is 11.1. The topological polar surface area (TPSA) is 122 Å². The largest absolute Gasteiger partial charge is 0.465 e. The molecule has 0 spiro atoms. The number of nitrogens with two attached hydrogens (primary N) is 1. The summed E-state index contributed by atoms with van der Waals surface area (Å²) in [5.74, 6) is -0.376. The van der Waals surface area contributed by atoms with Gasteiger partial charge in [0.15, 0.2) is 16.6 Å². The molecule has 2 aromatic heterocycles. The van der Waals surface area contributed by atoms with Gasteiger partial charge in [-0.25, -0.2) is 14.4 Å². The molecule has 170 valence electrons. The Balaban J connectivity index is 2.22. The number of benzene rings is 1. The lowest BCUT2D eigenvalue weighted by Gasteiger charge is -2.16. The van der Waals surface area contributed by atoms with Crippen LogP contribution in [0.3, 0.4) is 0 Å². The van der Waals surface area contributed by atoms with Gasteiger partial charge in [0.1, 0.15) is 17.9 Å². The number of nitrogens with zero attached hydrogens (tertiary/aromatic N) is 4. The number of anilines is 1. The van der Waals surface area contributed by atoms with Crippen molar-refractivity contribution >= 4 is 34.7 Å². The van der Waals surface area contributed by atoms with Gasteiger partial charge in [0.05, 0.1) is 13.2 Å². The molecule has 2 N–H and O–H groups in total. The average molecular weight is 462 g/mol. The molecule has 0 saturated heterocycles. The molecular formula is C21H24FN5O4S. The summed E-state index contributed by atoms with van der Waals surface area (Å²) >= 11 is 1.38. The van der Waals surface area contributed by atoms with Crippen LogP contribution in [0.1, 0.15) is 32.3 Å². The van der Waals surface area contributed by atoms with Gasteiger partial charge in [-0.15, -0.1) is 0 Å². The van der Waals surface area contributed by atoms with Crippen LogP contribution in [-0.4, -0.2) is 37.4 Å². The molecule has 2 heterocycles. The molecule has 1 aromatic carbocycles. The summed E-state index contributed by atoms with van der Waals surface area (Å²) in [6.45, 7) is 3.30. The van der Waals surface area contributed by atoms with Gasteiger partial charge in [-0.2, -0.15) is 0 Å². The summed E-state index contributed by atoms with van der Waals surface area (Å²) in [6.07, 6.45) is 1.93. The van der Waals surface area contributed by atoms with Crippen molar-refractivity contribution in [2.24, 2.45) is 0 Å². The average Bonchev–Trinajstić information content (AvgIpc) is 2.76. The van der Waals surface area contributed by atoms with Crippen molar-refractivity contribution in [3.05, 3.63) is 56.4 Å². The van der Waals surface area contributed by atoms with Crippen LogP contribution >= 0.6 is 11.8 Å². The molecule has 0 radical (unpaired) electrons. The van der Waals surface area contributed by atoms with Crippen molar-refractivity contribution in [2.45, 2.75) is 44.9 Å². The lowest BCUT2D eigenvalue weighted by atomic mass is 10.2. The number of unbranched alkanes of at least 4 members (excludes halogenated alkanes) is 1. The van der Waals surface area contributed by atoms with Gasteiger partial charge < -0.3 is 10.5 Å². The maximum Gasteiger partial charge on any atom is 0.326 e. The molecule has 0 aliphatic carbocycles. The fourth-order valence-electron chi connectivity index (χ4n) is 3.09. The van der Waals surface area contributed by atoms with E-state index in [2.05, 4.69) is 16.9 Å². The molecule has 0 unspecified atom stereocenters. The van der Waals surface area contributed by atoms with E-state index in [1.807, 2.05) is 0 Å². The minimum absolute atomic E-state index is 0.0248. The van der Waals surface area contributed by atoms with E-state index in [0.29, 0.717) is 10.7 Å². The molecule has 0 aliphatic rings. The van der Waals surface area contributed by atoms with Crippen LogP contribution in [0.25, 0.3) is 11.2 Å². The Morgan fingerprint density at radius 3 is 2.47 bits per heavy atom. The maximum absolute atomic E-state index is 13.3. The Labute approximate surface area is 187 Å². The third-order valence-electron chi connectivity index (χ3n) is 4.65. The van der Waals surface area contributed by atoms with Gasteiger partial charge in [-0.1, -0.05) is 37.2 Å². The first-order valence-electron chi connectivity index (χ1n) is 10.2. The first-order chi connectivity index (χ1) is 15.3. The summed E-state index contributed by atoms with van der Waals surface area (Å²) in [7, 11) is 0. The summed E-state index contributed by atoms with van der Waals surface area (Å²) in [5, 5.41) is 0.358. The molecular weight excluding hydrogens is 437 g/mol. The highest BCUT2D eigenvalue weighted by Gasteiger charge is 2.21. The van der Waals surface area contributed by atoms with Crippen LogP contribution in [-0.2, 0) is 22.6 Å². The number of carbonyl (C=O) groups excluding carboxylic acids is 1. The first-order valence-corrected chi connectivity index (χ1v) is 11.2. The van der Waals surface area contributed by atoms with Gasteiger partial charge in [-0.3, -0.25) is 23.5 Å². The number of ether oxygens (including phenoxy) is 1. The number of carbonyl (C=O) groups is 1. The second-order valence-electron chi connectivity index (χ2n) is 6.98. The number of thioether (sulfide) groups is 1. The summed E-state index contributed by atoms with van der Waals surface area (Å²) in [4.78, 5) is 46.7. The van der Waals surface area contributed by atoms with Gasteiger partial charge in [0.2, 0.25) is 0 Å². The number of aromatic nitrogens is 4. The minimum Gasteiger partial charge on any atom is -0.465 e. The Hall–Kier alpha value is -3.21. The van der Waals surface area contributed by atoms with Crippen molar-refractivity contribution in [3.63, 3.8) is 0 Å². The predicted octanol–water partition coefficient (Wildman–Crippen LogP) is 2.18. The first kappa shape index (κ1) is 23.5. The lowest BCUT2D eigenvalue weighted by Crippen LogP contribution is -2.43. The Kier molecular flexibility index (Phi) is 7.62. The molecule has 0 bridgehead atoms. The van der Waals surface area contributed by atoms with Crippen LogP contribution in [0.5, 0.6) is 0 Å². The highest BCUT2D eigenvalue weighted by atomic mass is 32.2. The smallest absolute Gasteiger partial charge is 0.326 e. The van der Waals surface area contributed by atoms with Crippen molar-refractivity contribution in [1.29, 1.82) is 0 Å². The second kappa shape index (κ2) is 10.4. The number of fused-ring (bicyclic) bond motifs is 1. The highest BCUT2D eigenvalue weighted by molar-refractivity contribution is 7.99. The van der Waals surface area contributed by atoms with Crippen molar-refractivity contribution in [2.75, 3.05) is 18.1 Å². The standard InChI is InChI=1S/C21H24FN5O4S/c1-3-5-10-32-21-24-17(23)16-18(25-21)27(11-13-6-8-14(22)9-7-13)20(30)19(29)26(16)12-15(28)31-4-2/h6-9H,3-5,10-12H2,1-2H3,(H2,23,24,25). The Morgan fingerprint density at radius 1 is 1.12 bits per heavy atom. The van der Waals surface area contributed by atoms with Gasteiger partial charge in [0, 0.05) is 5.75 Å². The molecule has 0 atom stereocenters. The molecule has 0 fully saturated rings. The second-order valence-corrected chi connectivity index (χ2v) is 8.04. The van der Waals surface area contributed by atoms with Crippen LogP contribution < -0.4 is 16.9 Å². The van der Waals surface area contributed by atoms with Crippen molar-refractivity contribution in [1.82, 2.24) is 19.1 Å². The molecule has 32 heavy (non-hydrogen) atoms. The van der Waals surface area contributed by atoms with Crippen LogP contribution in [0, 0.1) is 5.82 Å². The van der Waals surface area contributed by atoms with Crippen LogP contribution in [0.15, 0.2) is 39.0 Å².